The van der Waals surface area contributed by atoms with Crippen LogP contribution in [0.1, 0.15) is 252 Å². The number of nitrogens with zero attached hydrogens (tertiary/aromatic N) is 1. The van der Waals surface area contributed by atoms with Crippen molar-refractivity contribution in [1.82, 2.24) is 4.90 Å². The minimum atomic E-state index is -0.752. The monoisotopic (exact) mass is 808 g/mol. The van der Waals surface area contributed by atoms with Gasteiger partial charge in [-0.25, -0.2) is 9.59 Å². The fraction of sp³-hybridized carbons (Fsp3) is 0.939. The summed E-state index contributed by atoms with van der Waals surface area (Å²) in [5.41, 5.74) is 0. The maximum absolute atomic E-state index is 12.7. The zero-order chi connectivity index (χ0) is 41.4. The van der Waals surface area contributed by atoms with Gasteiger partial charge in [-0.15, -0.1) is 0 Å². The van der Waals surface area contributed by atoms with Crippen molar-refractivity contribution in [2.24, 2.45) is 0 Å². The van der Waals surface area contributed by atoms with E-state index in [0.717, 1.165) is 103 Å². The molecule has 0 amide bonds. The minimum absolute atomic E-state index is 0.000957. The second-order valence-corrected chi connectivity index (χ2v) is 17.3. The van der Waals surface area contributed by atoms with Gasteiger partial charge in [0.1, 0.15) is 6.10 Å². The van der Waals surface area contributed by atoms with Crippen molar-refractivity contribution in [1.29, 1.82) is 0 Å². The highest BCUT2D eigenvalue weighted by Gasteiger charge is 2.37. The van der Waals surface area contributed by atoms with Crippen LogP contribution in [-0.2, 0) is 28.6 Å². The van der Waals surface area contributed by atoms with Gasteiger partial charge in [-0.1, -0.05) is 175 Å². The van der Waals surface area contributed by atoms with E-state index in [4.69, 9.17) is 14.2 Å². The normalized spacial score (nSPS) is 15.8. The van der Waals surface area contributed by atoms with Crippen LogP contribution in [0, 0.1) is 0 Å². The Kier molecular flexibility index (Phi) is 37.2. The number of aliphatic hydroxyl groups excluding tert-OH is 1. The number of rotatable bonds is 43. The summed E-state index contributed by atoms with van der Waals surface area (Å²) in [6.45, 7) is 9.61. The van der Waals surface area contributed by atoms with Crippen LogP contribution in [0.5, 0.6) is 0 Å². The van der Waals surface area contributed by atoms with Crippen molar-refractivity contribution in [2.45, 2.75) is 270 Å². The molecule has 1 aliphatic rings. The van der Waals surface area contributed by atoms with Crippen LogP contribution in [-0.4, -0.2) is 72.5 Å². The number of carbonyl (C=O) groups excluding carboxylic acids is 3. The van der Waals surface area contributed by atoms with E-state index in [1.807, 2.05) is 0 Å². The smallest absolute Gasteiger partial charge is 0.348 e. The van der Waals surface area contributed by atoms with Crippen molar-refractivity contribution >= 4 is 17.9 Å². The molecule has 0 aromatic carbocycles. The molecule has 0 saturated carbocycles. The first-order valence-corrected chi connectivity index (χ1v) is 24.9. The van der Waals surface area contributed by atoms with Crippen LogP contribution >= 0.6 is 0 Å². The van der Waals surface area contributed by atoms with E-state index >= 15 is 0 Å². The largest absolute Gasteiger partial charge is 0.462 e. The van der Waals surface area contributed by atoms with E-state index in [1.165, 1.54) is 122 Å². The van der Waals surface area contributed by atoms with E-state index in [9.17, 15) is 19.5 Å². The number of aliphatic hydroxyl groups is 1. The van der Waals surface area contributed by atoms with Crippen LogP contribution in [0.4, 0.5) is 0 Å². The molecule has 1 fully saturated rings. The van der Waals surface area contributed by atoms with Crippen LogP contribution in [0.2, 0.25) is 0 Å². The van der Waals surface area contributed by atoms with E-state index in [-0.39, 0.29) is 30.6 Å². The van der Waals surface area contributed by atoms with E-state index in [2.05, 4.69) is 25.7 Å². The van der Waals surface area contributed by atoms with Gasteiger partial charge in [-0.3, -0.25) is 4.79 Å². The molecule has 0 radical (unpaired) electrons. The molecule has 1 saturated heterocycles. The summed E-state index contributed by atoms with van der Waals surface area (Å²) >= 11 is 0. The molecule has 1 aliphatic heterocycles. The van der Waals surface area contributed by atoms with Crippen molar-refractivity contribution in [3.63, 3.8) is 0 Å². The standard InChI is InChI=1S/C49H93NO7/c1-4-7-10-13-16-17-18-23-30-37-45-48(53)57-46(49(54)56-45)38-31-24-19-26-33-40-50(42-43-51)41-34-27-20-25-32-39-47(52)55-44(35-28-21-14-11-8-5-2)36-29-22-15-12-9-6-3/h44-46,51H,4-43H2,1-3H3. The Bertz CT molecular complexity index is 913. The maximum atomic E-state index is 12.7. The Balaban J connectivity index is 2.13. The average molecular weight is 808 g/mol. The van der Waals surface area contributed by atoms with Crippen molar-refractivity contribution < 1.29 is 33.7 Å². The first-order valence-electron chi connectivity index (χ1n) is 24.9. The Morgan fingerprint density at radius 1 is 0.509 bits per heavy atom. The molecule has 2 atom stereocenters. The summed E-state index contributed by atoms with van der Waals surface area (Å²) in [7, 11) is 0. The molecule has 0 bridgehead atoms. The SMILES string of the molecule is CCCCCCCCCCCC1OC(=O)C(CCCCCCCN(CCO)CCCCCCCC(=O)OC(CCCCCCCC)CCCCCCCC)OC1=O. The molecule has 0 spiro atoms. The predicted molar refractivity (Wildman–Crippen MR) is 236 cm³/mol. The Hall–Kier alpha value is -1.67. The van der Waals surface area contributed by atoms with Gasteiger partial charge in [0, 0.05) is 13.0 Å². The zero-order valence-corrected chi connectivity index (χ0v) is 37.9. The van der Waals surface area contributed by atoms with Crippen molar-refractivity contribution in [3.8, 4) is 0 Å². The number of hydrogen-bond donors (Lipinski definition) is 1. The lowest BCUT2D eigenvalue weighted by Gasteiger charge is -2.27. The highest BCUT2D eigenvalue weighted by atomic mass is 16.6. The molecule has 2 unspecified atom stereocenters. The summed E-state index contributed by atoms with van der Waals surface area (Å²) in [5.74, 6) is -0.748. The number of cyclic esters (lactones) is 2. The number of hydrogen-bond acceptors (Lipinski definition) is 8. The molecule has 0 aliphatic carbocycles. The van der Waals surface area contributed by atoms with Crippen molar-refractivity contribution in [2.75, 3.05) is 26.2 Å². The quantitative estimate of drug-likeness (QED) is 0.0369. The number of unbranched alkanes of at least 4 members (excludes halogenated alkanes) is 26. The van der Waals surface area contributed by atoms with E-state index in [1.54, 1.807) is 0 Å². The van der Waals surface area contributed by atoms with Gasteiger partial charge in [0.05, 0.1) is 6.61 Å². The fourth-order valence-electron chi connectivity index (χ4n) is 8.14. The zero-order valence-electron chi connectivity index (χ0n) is 37.9. The third kappa shape index (κ3) is 31.9. The van der Waals surface area contributed by atoms with Gasteiger partial charge in [0.15, 0.2) is 12.2 Å². The van der Waals surface area contributed by atoms with Crippen molar-refractivity contribution in [3.05, 3.63) is 0 Å². The third-order valence-corrected chi connectivity index (χ3v) is 11.9. The molecule has 0 aromatic rings. The van der Waals surface area contributed by atoms with Crippen LogP contribution < -0.4 is 0 Å². The molecule has 8 heteroatoms. The molecular formula is C49H93NO7. The number of esters is 3. The first kappa shape index (κ1) is 53.3. The maximum Gasteiger partial charge on any atom is 0.348 e. The highest BCUT2D eigenvalue weighted by Crippen LogP contribution is 2.22. The summed E-state index contributed by atoms with van der Waals surface area (Å²) < 4.78 is 17.0. The Morgan fingerprint density at radius 3 is 1.26 bits per heavy atom. The summed E-state index contributed by atoms with van der Waals surface area (Å²) in [4.78, 5) is 40.1. The van der Waals surface area contributed by atoms with Gasteiger partial charge >= 0.3 is 17.9 Å². The fourth-order valence-corrected chi connectivity index (χ4v) is 8.14. The third-order valence-electron chi connectivity index (χ3n) is 11.9. The molecule has 0 aromatic heterocycles. The van der Waals surface area contributed by atoms with Crippen LogP contribution in [0.3, 0.4) is 0 Å². The topological polar surface area (TPSA) is 102 Å². The average Bonchev–Trinajstić information content (AvgIpc) is 3.20. The summed E-state index contributed by atoms with van der Waals surface area (Å²) in [5, 5.41) is 9.60. The molecule has 1 rings (SSSR count). The van der Waals surface area contributed by atoms with Crippen LogP contribution in [0.25, 0.3) is 0 Å². The first-order chi connectivity index (χ1) is 27.9. The van der Waals surface area contributed by atoms with Gasteiger partial charge in [-0.2, -0.15) is 0 Å². The Labute approximate surface area is 352 Å². The predicted octanol–water partition coefficient (Wildman–Crippen LogP) is 13.1. The highest BCUT2D eigenvalue weighted by molar-refractivity contribution is 5.87. The van der Waals surface area contributed by atoms with Gasteiger partial charge in [-0.05, 0) is 83.7 Å². The Morgan fingerprint density at radius 2 is 0.860 bits per heavy atom. The molecule has 8 nitrogen and oxygen atoms in total. The van der Waals surface area contributed by atoms with Gasteiger partial charge in [0.2, 0.25) is 0 Å². The van der Waals surface area contributed by atoms with Gasteiger partial charge < -0.3 is 24.2 Å². The van der Waals surface area contributed by atoms with E-state index < -0.39 is 12.2 Å². The number of ether oxygens (including phenoxy) is 3. The summed E-state index contributed by atoms with van der Waals surface area (Å²) in [6.07, 6.45) is 38.9. The minimum Gasteiger partial charge on any atom is -0.462 e. The lowest BCUT2D eigenvalue weighted by Crippen LogP contribution is -2.43. The molecule has 336 valence electrons. The lowest BCUT2D eigenvalue weighted by atomic mass is 10.0. The molecule has 57 heavy (non-hydrogen) atoms. The lowest BCUT2D eigenvalue weighted by molar-refractivity contribution is -0.196. The van der Waals surface area contributed by atoms with E-state index in [0.29, 0.717) is 25.8 Å². The van der Waals surface area contributed by atoms with Gasteiger partial charge in [0.25, 0.3) is 0 Å². The summed E-state index contributed by atoms with van der Waals surface area (Å²) in [6, 6.07) is 0. The van der Waals surface area contributed by atoms with Crippen LogP contribution in [0.15, 0.2) is 0 Å². The molecule has 1 heterocycles. The second kappa shape index (κ2) is 39.8. The number of carbonyl (C=O) groups is 3. The second-order valence-electron chi connectivity index (χ2n) is 17.3. The molecular weight excluding hydrogens is 715 g/mol. The molecule has 1 N–H and O–H groups in total.